The maximum atomic E-state index is 11.6. The SMILES string of the molecule is CCC(C1CC(=O)NC1=O)N1CCOCC1. The van der Waals surface area contributed by atoms with Crippen LogP contribution >= 0.6 is 0 Å². The van der Waals surface area contributed by atoms with Gasteiger partial charge in [0, 0.05) is 25.6 Å². The summed E-state index contributed by atoms with van der Waals surface area (Å²) in [6.07, 6.45) is 1.24. The van der Waals surface area contributed by atoms with Gasteiger partial charge >= 0.3 is 0 Å². The van der Waals surface area contributed by atoms with Crippen LogP contribution in [0.25, 0.3) is 0 Å². The first-order chi connectivity index (χ1) is 7.72. The summed E-state index contributed by atoms with van der Waals surface area (Å²) in [7, 11) is 0. The van der Waals surface area contributed by atoms with Crippen LogP contribution in [-0.2, 0) is 14.3 Å². The Balaban J connectivity index is 2.03. The van der Waals surface area contributed by atoms with Gasteiger partial charge in [-0.1, -0.05) is 6.92 Å². The van der Waals surface area contributed by atoms with Crippen LogP contribution in [0.1, 0.15) is 19.8 Å². The fraction of sp³-hybridized carbons (Fsp3) is 0.818. The summed E-state index contributed by atoms with van der Waals surface area (Å²) in [5.74, 6) is -0.416. The topological polar surface area (TPSA) is 58.6 Å². The second kappa shape index (κ2) is 4.93. The smallest absolute Gasteiger partial charge is 0.231 e. The van der Waals surface area contributed by atoms with Crippen LogP contribution < -0.4 is 5.32 Å². The standard InChI is InChI=1S/C11H18N2O3/c1-2-9(13-3-5-16-6-4-13)8-7-10(14)12-11(8)15/h8-9H,2-7H2,1H3,(H,12,14,15). The average Bonchev–Trinajstić information content (AvgIpc) is 2.61. The van der Waals surface area contributed by atoms with Crippen molar-refractivity contribution in [2.45, 2.75) is 25.8 Å². The van der Waals surface area contributed by atoms with E-state index < -0.39 is 0 Å². The summed E-state index contributed by atoms with van der Waals surface area (Å²) in [6, 6.07) is 0.176. The highest BCUT2D eigenvalue weighted by molar-refractivity contribution is 6.03. The van der Waals surface area contributed by atoms with Crippen molar-refractivity contribution in [3.8, 4) is 0 Å². The Bertz CT molecular complexity index is 287. The number of nitrogens with zero attached hydrogens (tertiary/aromatic N) is 1. The van der Waals surface area contributed by atoms with E-state index >= 15 is 0 Å². The number of rotatable bonds is 3. The van der Waals surface area contributed by atoms with Gasteiger partial charge in [-0.05, 0) is 6.42 Å². The molecule has 1 N–H and O–H groups in total. The molecule has 2 atom stereocenters. The van der Waals surface area contributed by atoms with Crippen LogP contribution in [0.5, 0.6) is 0 Å². The molecule has 90 valence electrons. The number of ether oxygens (including phenoxy) is 1. The number of imide groups is 1. The molecule has 0 saturated carbocycles. The molecule has 0 spiro atoms. The van der Waals surface area contributed by atoms with Crippen LogP contribution in [0.15, 0.2) is 0 Å². The molecule has 2 aliphatic rings. The Hall–Kier alpha value is -0.940. The molecule has 2 aliphatic heterocycles. The highest BCUT2D eigenvalue weighted by Gasteiger charge is 2.38. The van der Waals surface area contributed by atoms with Crippen LogP contribution in [0, 0.1) is 5.92 Å². The van der Waals surface area contributed by atoms with Crippen molar-refractivity contribution in [3.63, 3.8) is 0 Å². The summed E-state index contributed by atoms with van der Waals surface area (Å²) >= 11 is 0. The van der Waals surface area contributed by atoms with E-state index in [0.717, 1.165) is 32.7 Å². The van der Waals surface area contributed by atoms with E-state index in [1.165, 1.54) is 0 Å². The van der Waals surface area contributed by atoms with E-state index in [9.17, 15) is 9.59 Å². The van der Waals surface area contributed by atoms with Crippen molar-refractivity contribution < 1.29 is 14.3 Å². The molecule has 16 heavy (non-hydrogen) atoms. The lowest BCUT2D eigenvalue weighted by Gasteiger charge is -2.36. The van der Waals surface area contributed by atoms with E-state index in [0.29, 0.717) is 6.42 Å². The molecule has 5 nitrogen and oxygen atoms in total. The summed E-state index contributed by atoms with van der Waals surface area (Å²) in [5, 5.41) is 2.38. The minimum absolute atomic E-state index is 0.108. The summed E-state index contributed by atoms with van der Waals surface area (Å²) in [4.78, 5) is 25.1. The molecule has 2 unspecified atom stereocenters. The van der Waals surface area contributed by atoms with Crippen LogP contribution in [-0.4, -0.2) is 49.1 Å². The van der Waals surface area contributed by atoms with Gasteiger partial charge < -0.3 is 4.74 Å². The molecular formula is C11H18N2O3. The first-order valence-electron chi connectivity index (χ1n) is 5.88. The number of morpholine rings is 1. The largest absolute Gasteiger partial charge is 0.379 e. The Kier molecular flexibility index (Phi) is 3.56. The third-order valence-corrected chi connectivity index (χ3v) is 3.40. The van der Waals surface area contributed by atoms with Crippen molar-refractivity contribution in [3.05, 3.63) is 0 Å². The van der Waals surface area contributed by atoms with Gasteiger partial charge in [0.15, 0.2) is 0 Å². The summed E-state index contributed by atoms with van der Waals surface area (Å²) in [6.45, 7) is 5.22. The molecule has 0 aromatic heterocycles. The second-order valence-corrected chi connectivity index (χ2v) is 4.35. The van der Waals surface area contributed by atoms with Crippen molar-refractivity contribution in [1.29, 1.82) is 0 Å². The third-order valence-electron chi connectivity index (χ3n) is 3.40. The molecule has 5 heteroatoms. The van der Waals surface area contributed by atoms with E-state index in [4.69, 9.17) is 4.74 Å². The highest BCUT2D eigenvalue weighted by Crippen LogP contribution is 2.23. The molecule has 0 aromatic carbocycles. The van der Waals surface area contributed by atoms with Gasteiger partial charge in [0.05, 0.1) is 19.1 Å². The van der Waals surface area contributed by atoms with Crippen molar-refractivity contribution >= 4 is 11.8 Å². The van der Waals surface area contributed by atoms with Gasteiger partial charge in [-0.25, -0.2) is 0 Å². The predicted molar refractivity (Wildman–Crippen MR) is 57.7 cm³/mol. The van der Waals surface area contributed by atoms with Gasteiger partial charge in [0.2, 0.25) is 11.8 Å². The molecule has 2 rings (SSSR count). The summed E-state index contributed by atoms with van der Waals surface area (Å²) in [5.41, 5.74) is 0. The van der Waals surface area contributed by atoms with Gasteiger partial charge in [0.25, 0.3) is 0 Å². The lowest BCUT2D eigenvalue weighted by Crippen LogP contribution is -2.48. The first kappa shape index (κ1) is 11.5. The Morgan fingerprint density at radius 3 is 2.62 bits per heavy atom. The molecule has 2 saturated heterocycles. The zero-order valence-corrected chi connectivity index (χ0v) is 9.57. The summed E-state index contributed by atoms with van der Waals surface area (Å²) < 4.78 is 5.30. The average molecular weight is 226 g/mol. The van der Waals surface area contributed by atoms with Crippen LogP contribution in [0.4, 0.5) is 0 Å². The molecule has 0 aromatic rings. The monoisotopic (exact) mass is 226 g/mol. The van der Waals surface area contributed by atoms with Gasteiger partial charge in [-0.2, -0.15) is 0 Å². The first-order valence-corrected chi connectivity index (χ1v) is 5.88. The van der Waals surface area contributed by atoms with Crippen molar-refractivity contribution in [2.24, 2.45) is 5.92 Å². The molecular weight excluding hydrogens is 208 g/mol. The number of hydrogen-bond donors (Lipinski definition) is 1. The number of hydrogen-bond acceptors (Lipinski definition) is 4. The fourth-order valence-electron chi connectivity index (χ4n) is 2.59. The maximum absolute atomic E-state index is 11.6. The second-order valence-electron chi connectivity index (χ2n) is 4.35. The molecule has 0 aliphatic carbocycles. The van der Waals surface area contributed by atoms with E-state index in [-0.39, 0.29) is 23.8 Å². The van der Waals surface area contributed by atoms with Gasteiger partial charge in [0.1, 0.15) is 0 Å². The Morgan fingerprint density at radius 2 is 2.12 bits per heavy atom. The molecule has 2 heterocycles. The minimum Gasteiger partial charge on any atom is -0.379 e. The maximum Gasteiger partial charge on any atom is 0.231 e. The van der Waals surface area contributed by atoms with Crippen LogP contribution in [0.2, 0.25) is 0 Å². The molecule has 0 radical (unpaired) electrons. The van der Waals surface area contributed by atoms with Crippen molar-refractivity contribution in [2.75, 3.05) is 26.3 Å². The third kappa shape index (κ3) is 2.25. The number of carbonyl (C=O) groups excluding carboxylic acids is 2. The van der Waals surface area contributed by atoms with Gasteiger partial charge in [-0.15, -0.1) is 0 Å². The number of amides is 2. The van der Waals surface area contributed by atoms with Gasteiger partial charge in [-0.3, -0.25) is 19.8 Å². The lowest BCUT2D eigenvalue weighted by atomic mass is 9.94. The Morgan fingerprint density at radius 1 is 1.44 bits per heavy atom. The molecule has 2 amide bonds. The number of nitrogens with one attached hydrogen (secondary N) is 1. The normalized spacial score (nSPS) is 29.2. The fourth-order valence-corrected chi connectivity index (χ4v) is 2.59. The highest BCUT2D eigenvalue weighted by atomic mass is 16.5. The predicted octanol–water partition coefficient (Wildman–Crippen LogP) is -0.240. The van der Waals surface area contributed by atoms with E-state index in [2.05, 4.69) is 17.1 Å². The number of carbonyl (C=O) groups is 2. The van der Waals surface area contributed by atoms with E-state index in [1.54, 1.807) is 0 Å². The van der Waals surface area contributed by atoms with Crippen molar-refractivity contribution in [1.82, 2.24) is 10.2 Å². The quantitative estimate of drug-likeness (QED) is 0.675. The van der Waals surface area contributed by atoms with E-state index in [1.807, 2.05) is 0 Å². The Labute approximate surface area is 95.1 Å². The zero-order valence-electron chi connectivity index (χ0n) is 9.57. The zero-order chi connectivity index (χ0) is 11.5. The lowest BCUT2D eigenvalue weighted by molar-refractivity contribution is -0.127. The minimum atomic E-state index is -0.171. The molecule has 2 fully saturated rings. The molecule has 0 bridgehead atoms. The van der Waals surface area contributed by atoms with Crippen LogP contribution in [0.3, 0.4) is 0 Å².